The summed E-state index contributed by atoms with van der Waals surface area (Å²) in [6.07, 6.45) is 4.59. The zero-order valence-electron chi connectivity index (χ0n) is 16.9. The number of thioether (sulfide) groups is 1. The number of amides is 1. The molecule has 0 fully saturated rings. The number of furan rings is 1. The summed E-state index contributed by atoms with van der Waals surface area (Å²) >= 11 is 7.19. The Morgan fingerprint density at radius 1 is 1.42 bits per heavy atom. The average molecular weight is 460 g/mol. The molecule has 1 amide bonds. The standard InChI is InChI=1S/C20H18ClN5O4S/c1-11-12(2)26(9-13-5-4-6-29-13)18(14(11)7-22)24-16(27)10-30-19(28)17-15(21)8-23-20(25-17)31-3/h4-6,8H,9-10H2,1-3H3,(H,24,27). The fraction of sp³-hybridized carbons (Fsp3) is 0.250. The molecule has 3 aromatic heterocycles. The van der Waals surface area contributed by atoms with Gasteiger partial charge < -0.3 is 19.0 Å². The Morgan fingerprint density at radius 2 is 2.19 bits per heavy atom. The molecule has 0 saturated heterocycles. The number of halogens is 1. The molecule has 0 aromatic carbocycles. The Bertz CT molecular complexity index is 1170. The van der Waals surface area contributed by atoms with Crippen LogP contribution in [0.1, 0.15) is 33.1 Å². The number of ether oxygens (including phenoxy) is 1. The number of hydrogen-bond donors (Lipinski definition) is 1. The molecule has 31 heavy (non-hydrogen) atoms. The lowest BCUT2D eigenvalue weighted by Gasteiger charge is -2.12. The minimum atomic E-state index is -0.850. The van der Waals surface area contributed by atoms with Crippen LogP contribution >= 0.6 is 23.4 Å². The number of hydrogen-bond acceptors (Lipinski definition) is 8. The molecule has 0 aliphatic carbocycles. The molecule has 11 heteroatoms. The van der Waals surface area contributed by atoms with E-state index in [4.69, 9.17) is 20.8 Å². The first-order chi connectivity index (χ1) is 14.8. The highest BCUT2D eigenvalue weighted by Gasteiger charge is 2.22. The first kappa shape index (κ1) is 22.4. The molecule has 3 heterocycles. The maximum absolute atomic E-state index is 12.5. The molecule has 0 unspecified atom stereocenters. The van der Waals surface area contributed by atoms with Crippen LogP contribution in [0, 0.1) is 25.2 Å². The smallest absolute Gasteiger partial charge is 0.359 e. The fourth-order valence-electron chi connectivity index (χ4n) is 2.85. The van der Waals surface area contributed by atoms with Crippen LogP contribution in [0.25, 0.3) is 0 Å². The van der Waals surface area contributed by atoms with Crippen molar-refractivity contribution in [1.82, 2.24) is 14.5 Å². The van der Waals surface area contributed by atoms with E-state index in [1.54, 1.807) is 36.1 Å². The zero-order valence-corrected chi connectivity index (χ0v) is 18.5. The molecule has 3 rings (SSSR count). The molecule has 0 aliphatic rings. The summed E-state index contributed by atoms with van der Waals surface area (Å²) in [5.74, 6) is -0.498. The van der Waals surface area contributed by atoms with Crippen molar-refractivity contribution in [3.63, 3.8) is 0 Å². The lowest BCUT2D eigenvalue weighted by molar-refractivity contribution is -0.119. The minimum absolute atomic E-state index is 0.0218. The molecule has 9 nitrogen and oxygen atoms in total. The maximum Gasteiger partial charge on any atom is 0.359 e. The van der Waals surface area contributed by atoms with Gasteiger partial charge in [0.15, 0.2) is 17.5 Å². The lowest BCUT2D eigenvalue weighted by Crippen LogP contribution is -2.23. The van der Waals surface area contributed by atoms with Crippen LogP contribution in [0.3, 0.4) is 0 Å². The van der Waals surface area contributed by atoms with Gasteiger partial charge in [0, 0.05) is 5.69 Å². The van der Waals surface area contributed by atoms with Crippen molar-refractivity contribution in [2.45, 2.75) is 25.5 Å². The fourth-order valence-corrected chi connectivity index (χ4v) is 3.36. The van der Waals surface area contributed by atoms with Gasteiger partial charge in [-0.15, -0.1) is 0 Å². The predicted octanol–water partition coefficient (Wildman–Crippen LogP) is 3.58. The van der Waals surface area contributed by atoms with Crippen LogP contribution in [0.2, 0.25) is 5.02 Å². The number of nitrogens with one attached hydrogen (secondary N) is 1. The molecule has 0 radical (unpaired) electrons. The highest BCUT2D eigenvalue weighted by Crippen LogP contribution is 2.27. The van der Waals surface area contributed by atoms with Gasteiger partial charge in [0.1, 0.15) is 17.6 Å². The average Bonchev–Trinajstić information content (AvgIpc) is 3.35. The summed E-state index contributed by atoms with van der Waals surface area (Å²) in [5, 5.41) is 12.6. The number of rotatable bonds is 7. The number of esters is 1. The van der Waals surface area contributed by atoms with E-state index in [0.717, 1.165) is 11.3 Å². The van der Waals surface area contributed by atoms with Crippen molar-refractivity contribution in [3.05, 3.63) is 57.9 Å². The van der Waals surface area contributed by atoms with Gasteiger partial charge >= 0.3 is 5.97 Å². The first-order valence-electron chi connectivity index (χ1n) is 9.01. The van der Waals surface area contributed by atoms with Crippen molar-refractivity contribution in [3.8, 4) is 6.07 Å². The van der Waals surface area contributed by atoms with Crippen LogP contribution < -0.4 is 5.32 Å². The van der Waals surface area contributed by atoms with Gasteiger partial charge in [-0.25, -0.2) is 14.8 Å². The van der Waals surface area contributed by atoms with E-state index in [1.165, 1.54) is 18.0 Å². The highest BCUT2D eigenvalue weighted by atomic mass is 35.5. The normalized spacial score (nSPS) is 10.5. The minimum Gasteiger partial charge on any atom is -0.467 e. The Hall–Kier alpha value is -3.29. The third-order valence-electron chi connectivity index (χ3n) is 4.53. The van der Waals surface area contributed by atoms with Crippen molar-refractivity contribution in [1.29, 1.82) is 5.26 Å². The predicted molar refractivity (Wildman–Crippen MR) is 114 cm³/mol. The highest BCUT2D eigenvalue weighted by molar-refractivity contribution is 7.98. The molecule has 0 atom stereocenters. The summed E-state index contributed by atoms with van der Waals surface area (Å²) in [6, 6.07) is 5.66. The largest absolute Gasteiger partial charge is 0.467 e. The van der Waals surface area contributed by atoms with Gasteiger partial charge in [-0.3, -0.25) is 4.79 Å². The summed E-state index contributed by atoms with van der Waals surface area (Å²) in [7, 11) is 0. The van der Waals surface area contributed by atoms with Crippen molar-refractivity contribution >= 4 is 41.1 Å². The van der Waals surface area contributed by atoms with E-state index in [1.807, 2.05) is 6.92 Å². The molecular formula is C20H18ClN5O4S. The first-order valence-corrected chi connectivity index (χ1v) is 10.6. The number of carbonyl (C=O) groups is 2. The second kappa shape index (κ2) is 9.68. The number of aromatic nitrogens is 3. The summed E-state index contributed by atoms with van der Waals surface area (Å²) in [6.45, 7) is 3.38. The van der Waals surface area contributed by atoms with Gasteiger partial charge in [-0.05, 0) is 37.8 Å². The molecule has 3 aromatic rings. The monoisotopic (exact) mass is 459 g/mol. The summed E-state index contributed by atoms with van der Waals surface area (Å²) < 4.78 is 12.2. The summed E-state index contributed by atoms with van der Waals surface area (Å²) in [5.41, 5.74) is 1.74. The molecule has 0 saturated carbocycles. The second-order valence-corrected chi connectivity index (χ2v) is 7.57. The number of nitriles is 1. The maximum atomic E-state index is 12.5. The van der Waals surface area contributed by atoms with Crippen molar-refractivity contribution < 1.29 is 18.7 Å². The van der Waals surface area contributed by atoms with Crippen molar-refractivity contribution in [2.75, 3.05) is 18.2 Å². The van der Waals surface area contributed by atoms with E-state index in [2.05, 4.69) is 21.4 Å². The number of nitrogens with zero attached hydrogens (tertiary/aromatic N) is 4. The summed E-state index contributed by atoms with van der Waals surface area (Å²) in [4.78, 5) is 32.7. The zero-order chi connectivity index (χ0) is 22.5. The van der Waals surface area contributed by atoms with E-state index < -0.39 is 18.5 Å². The topological polar surface area (TPSA) is 123 Å². The van der Waals surface area contributed by atoms with Gasteiger partial charge in [0.25, 0.3) is 5.91 Å². The van der Waals surface area contributed by atoms with Crippen LogP contribution in [0.4, 0.5) is 5.82 Å². The molecule has 160 valence electrons. The van der Waals surface area contributed by atoms with Gasteiger partial charge in [0.05, 0.1) is 29.6 Å². The van der Waals surface area contributed by atoms with E-state index in [9.17, 15) is 14.9 Å². The molecule has 0 spiro atoms. The second-order valence-electron chi connectivity index (χ2n) is 6.39. The van der Waals surface area contributed by atoms with Crippen LogP contribution in [-0.4, -0.2) is 39.3 Å². The third-order valence-corrected chi connectivity index (χ3v) is 5.36. The van der Waals surface area contributed by atoms with Crippen LogP contribution in [0.5, 0.6) is 0 Å². The third kappa shape index (κ3) is 4.90. The van der Waals surface area contributed by atoms with E-state index in [-0.39, 0.29) is 10.7 Å². The Kier molecular flexibility index (Phi) is 6.99. The Balaban J connectivity index is 1.75. The quantitative estimate of drug-likeness (QED) is 0.323. The van der Waals surface area contributed by atoms with Gasteiger partial charge in [-0.1, -0.05) is 23.4 Å². The van der Waals surface area contributed by atoms with Crippen LogP contribution in [-0.2, 0) is 16.1 Å². The van der Waals surface area contributed by atoms with E-state index >= 15 is 0 Å². The number of carbonyl (C=O) groups excluding carboxylic acids is 2. The van der Waals surface area contributed by atoms with E-state index in [0.29, 0.717) is 28.8 Å². The van der Waals surface area contributed by atoms with Gasteiger partial charge in [0.2, 0.25) is 0 Å². The number of anilines is 1. The molecule has 0 bridgehead atoms. The van der Waals surface area contributed by atoms with Gasteiger partial charge in [-0.2, -0.15) is 5.26 Å². The SMILES string of the molecule is CSc1ncc(Cl)c(C(=O)OCC(=O)Nc2c(C#N)c(C)c(C)n2Cc2ccco2)n1. The molecule has 1 N–H and O–H groups in total. The molecular weight excluding hydrogens is 442 g/mol. The Labute approximate surface area is 187 Å². The van der Waals surface area contributed by atoms with Crippen molar-refractivity contribution in [2.24, 2.45) is 0 Å². The van der Waals surface area contributed by atoms with Crippen LogP contribution in [0.15, 0.2) is 34.2 Å². The molecule has 0 aliphatic heterocycles. The lowest BCUT2D eigenvalue weighted by atomic mass is 10.2. The Morgan fingerprint density at radius 3 is 2.84 bits per heavy atom.